The first kappa shape index (κ1) is 13.6. The van der Waals surface area contributed by atoms with Crippen LogP contribution in [0.4, 0.5) is 5.69 Å². The zero-order chi connectivity index (χ0) is 13.0. The molecule has 1 rings (SSSR count). The average Bonchev–Trinajstić information content (AvgIpc) is 2.26. The van der Waals surface area contributed by atoms with E-state index in [0.717, 1.165) is 23.4 Å². The highest BCUT2D eigenvalue weighted by molar-refractivity contribution is 5.60. The molecule has 3 nitrogen and oxygen atoms in total. The highest BCUT2D eigenvalue weighted by Gasteiger charge is 2.16. The van der Waals surface area contributed by atoms with Crippen molar-refractivity contribution < 1.29 is 9.84 Å². The fourth-order valence-electron chi connectivity index (χ4n) is 1.95. The monoisotopic (exact) mass is 235 g/mol. The molecule has 0 aromatic heterocycles. The molecule has 0 aliphatic rings. The van der Waals surface area contributed by atoms with Gasteiger partial charge >= 0.3 is 0 Å². The molecule has 3 heteroatoms. The van der Waals surface area contributed by atoms with E-state index in [2.05, 4.69) is 11.5 Å². The van der Waals surface area contributed by atoms with Gasteiger partial charge in [-0.05, 0) is 26.0 Å². The van der Waals surface area contributed by atoms with Crippen molar-refractivity contribution in [1.29, 1.82) is 0 Å². The summed E-state index contributed by atoms with van der Waals surface area (Å²) in [4.78, 5) is 2.06. The van der Waals surface area contributed by atoms with Crippen LogP contribution in [-0.4, -0.2) is 25.8 Å². The van der Waals surface area contributed by atoms with Crippen LogP contribution in [-0.2, 0) is 0 Å². The molecule has 0 aliphatic heterocycles. The third kappa shape index (κ3) is 3.24. The lowest BCUT2D eigenvalue weighted by molar-refractivity contribution is 0.194. The van der Waals surface area contributed by atoms with Gasteiger partial charge in [-0.2, -0.15) is 0 Å². The lowest BCUT2D eigenvalue weighted by Gasteiger charge is -2.25. The molecule has 1 N–H and O–H groups in total. The fourth-order valence-corrected chi connectivity index (χ4v) is 1.95. The van der Waals surface area contributed by atoms with E-state index in [-0.39, 0.29) is 0 Å². The number of anilines is 1. The summed E-state index contributed by atoms with van der Waals surface area (Å²) in [5.41, 5.74) is 2.87. The van der Waals surface area contributed by atoms with Gasteiger partial charge in [-0.3, -0.25) is 0 Å². The van der Waals surface area contributed by atoms with Crippen molar-refractivity contribution in [2.24, 2.45) is 0 Å². The van der Waals surface area contributed by atoms with Crippen LogP contribution in [0.15, 0.2) is 30.4 Å². The van der Waals surface area contributed by atoms with E-state index in [1.807, 2.05) is 32.2 Å². The Labute approximate surface area is 103 Å². The Kier molecular flexibility index (Phi) is 4.58. The first-order chi connectivity index (χ1) is 7.97. The van der Waals surface area contributed by atoms with Gasteiger partial charge in [-0.15, -0.1) is 0 Å². The molecular formula is C14H21NO2. The molecule has 1 atom stereocenters. The third-order valence-corrected chi connectivity index (χ3v) is 2.60. The van der Waals surface area contributed by atoms with E-state index in [1.165, 1.54) is 0 Å². The van der Waals surface area contributed by atoms with E-state index < -0.39 is 6.10 Å². The van der Waals surface area contributed by atoms with Crippen LogP contribution in [0.5, 0.6) is 5.75 Å². The van der Waals surface area contributed by atoms with Gasteiger partial charge in [0.05, 0.1) is 13.2 Å². The number of ether oxygens (including phenoxy) is 1. The number of hydrogen-bond donors (Lipinski definition) is 1. The van der Waals surface area contributed by atoms with Gasteiger partial charge in [0, 0.05) is 24.8 Å². The van der Waals surface area contributed by atoms with Gasteiger partial charge in [0.25, 0.3) is 0 Å². The van der Waals surface area contributed by atoms with Gasteiger partial charge in [-0.25, -0.2) is 0 Å². The molecule has 1 aromatic carbocycles. The second-order valence-electron chi connectivity index (χ2n) is 4.38. The molecule has 0 unspecified atom stereocenters. The molecule has 17 heavy (non-hydrogen) atoms. The molecule has 0 saturated heterocycles. The third-order valence-electron chi connectivity index (χ3n) is 2.60. The number of likely N-dealkylation sites (N-methyl/N-ethyl adjacent to an activating group) is 1. The molecule has 0 aliphatic carbocycles. The Balaban J connectivity index is 3.18. The maximum absolute atomic E-state index is 9.87. The predicted octanol–water partition coefficient (Wildman–Crippen LogP) is 2.76. The number of aliphatic hydroxyl groups excluding tert-OH is 1. The second-order valence-corrected chi connectivity index (χ2v) is 4.38. The predicted molar refractivity (Wildman–Crippen MR) is 71.7 cm³/mol. The number of rotatable bonds is 5. The standard InChI is InChI=1S/C14H21NO2/c1-10(2)9-15(4)12-7-6-8-13(17-5)14(12)11(3)16/h6-8,11,16H,1,9H2,2-5H3/t11-/m0/s1. The van der Waals surface area contributed by atoms with E-state index >= 15 is 0 Å². The average molecular weight is 235 g/mol. The molecule has 0 amide bonds. The van der Waals surface area contributed by atoms with Crippen molar-refractivity contribution in [1.82, 2.24) is 0 Å². The van der Waals surface area contributed by atoms with Crippen molar-refractivity contribution >= 4 is 5.69 Å². The number of benzene rings is 1. The van der Waals surface area contributed by atoms with Crippen molar-refractivity contribution in [3.63, 3.8) is 0 Å². The van der Waals surface area contributed by atoms with E-state index in [0.29, 0.717) is 5.75 Å². The number of nitrogens with zero attached hydrogens (tertiary/aromatic N) is 1. The highest BCUT2D eigenvalue weighted by atomic mass is 16.5. The molecule has 0 heterocycles. The van der Waals surface area contributed by atoms with Crippen LogP contribution in [0.2, 0.25) is 0 Å². The summed E-state index contributed by atoms with van der Waals surface area (Å²) in [6.45, 7) is 8.39. The zero-order valence-corrected chi connectivity index (χ0v) is 11.0. The van der Waals surface area contributed by atoms with Crippen LogP contribution in [0, 0.1) is 0 Å². The molecule has 0 bridgehead atoms. The quantitative estimate of drug-likeness (QED) is 0.797. The van der Waals surface area contributed by atoms with Crippen molar-refractivity contribution in [2.75, 3.05) is 25.6 Å². The molecule has 94 valence electrons. The van der Waals surface area contributed by atoms with Gasteiger partial charge in [0.1, 0.15) is 5.75 Å². The van der Waals surface area contributed by atoms with Crippen molar-refractivity contribution in [3.8, 4) is 5.75 Å². The summed E-state index contributed by atoms with van der Waals surface area (Å²) in [6, 6.07) is 5.77. The Morgan fingerprint density at radius 2 is 2.18 bits per heavy atom. The minimum absolute atomic E-state index is 0.561. The Hall–Kier alpha value is -1.48. The van der Waals surface area contributed by atoms with E-state index in [4.69, 9.17) is 4.74 Å². The van der Waals surface area contributed by atoms with Crippen molar-refractivity contribution in [3.05, 3.63) is 35.9 Å². The molecule has 1 aromatic rings. The molecule has 0 spiro atoms. The van der Waals surface area contributed by atoms with Crippen LogP contribution in [0.3, 0.4) is 0 Å². The number of hydrogen-bond acceptors (Lipinski definition) is 3. The van der Waals surface area contributed by atoms with Crippen LogP contribution >= 0.6 is 0 Å². The topological polar surface area (TPSA) is 32.7 Å². The Morgan fingerprint density at radius 1 is 1.53 bits per heavy atom. The van der Waals surface area contributed by atoms with Crippen LogP contribution in [0.1, 0.15) is 25.5 Å². The first-order valence-electron chi connectivity index (χ1n) is 5.67. The summed E-state index contributed by atoms with van der Waals surface area (Å²) < 4.78 is 5.29. The maximum Gasteiger partial charge on any atom is 0.126 e. The molecule has 0 radical (unpaired) electrons. The van der Waals surface area contributed by atoms with Crippen molar-refractivity contribution in [2.45, 2.75) is 20.0 Å². The summed E-state index contributed by atoms with van der Waals surface area (Å²) in [5.74, 6) is 0.714. The number of aliphatic hydroxyl groups is 1. The lowest BCUT2D eigenvalue weighted by atomic mass is 10.1. The second kappa shape index (κ2) is 5.73. The van der Waals surface area contributed by atoms with E-state index in [9.17, 15) is 5.11 Å². The summed E-state index contributed by atoms with van der Waals surface area (Å²) in [5, 5.41) is 9.87. The minimum Gasteiger partial charge on any atom is -0.496 e. The van der Waals surface area contributed by atoms with Gasteiger partial charge in [-0.1, -0.05) is 18.2 Å². The zero-order valence-electron chi connectivity index (χ0n) is 11.0. The summed E-state index contributed by atoms with van der Waals surface area (Å²) in [6.07, 6.45) is -0.561. The Bertz CT molecular complexity index is 399. The minimum atomic E-state index is -0.561. The summed E-state index contributed by atoms with van der Waals surface area (Å²) >= 11 is 0. The van der Waals surface area contributed by atoms with Gasteiger partial charge in [0.15, 0.2) is 0 Å². The van der Waals surface area contributed by atoms with Gasteiger partial charge in [0.2, 0.25) is 0 Å². The molecule has 0 saturated carbocycles. The SMILES string of the molecule is C=C(C)CN(C)c1cccc(OC)c1[C@H](C)O. The number of methoxy groups -OCH3 is 1. The lowest BCUT2D eigenvalue weighted by Crippen LogP contribution is -2.21. The maximum atomic E-state index is 9.87. The highest BCUT2D eigenvalue weighted by Crippen LogP contribution is 2.34. The van der Waals surface area contributed by atoms with Gasteiger partial charge < -0.3 is 14.7 Å². The van der Waals surface area contributed by atoms with Crippen LogP contribution in [0.25, 0.3) is 0 Å². The fraction of sp³-hybridized carbons (Fsp3) is 0.429. The normalized spacial score (nSPS) is 12.1. The largest absolute Gasteiger partial charge is 0.496 e. The molecule has 0 fully saturated rings. The van der Waals surface area contributed by atoms with E-state index in [1.54, 1.807) is 14.0 Å². The van der Waals surface area contributed by atoms with Crippen LogP contribution < -0.4 is 9.64 Å². The molecular weight excluding hydrogens is 214 g/mol. The Morgan fingerprint density at radius 3 is 2.65 bits per heavy atom. The first-order valence-corrected chi connectivity index (χ1v) is 5.67. The summed E-state index contributed by atoms with van der Waals surface area (Å²) in [7, 11) is 3.60. The smallest absolute Gasteiger partial charge is 0.126 e.